The number of pyridine rings is 1. The number of rotatable bonds is 6. The molecular formula is C28H25F4N5O. The summed E-state index contributed by atoms with van der Waals surface area (Å²) in [4.78, 5) is 12.4. The van der Waals surface area contributed by atoms with Gasteiger partial charge in [0.25, 0.3) is 0 Å². The Bertz CT molecular complexity index is 1440. The minimum Gasteiger partial charge on any atom is -0.393 e. The molecule has 2 atom stereocenters. The molecule has 0 saturated carbocycles. The smallest absolute Gasteiger partial charge is 0.393 e. The number of halogens is 4. The predicted molar refractivity (Wildman–Crippen MR) is 136 cm³/mol. The summed E-state index contributed by atoms with van der Waals surface area (Å²) in [6.45, 7) is 1.75. The highest BCUT2D eigenvalue weighted by Gasteiger charge is 2.33. The molecule has 0 amide bonds. The van der Waals surface area contributed by atoms with E-state index in [1.807, 2.05) is 18.2 Å². The molecule has 2 heterocycles. The maximum Gasteiger partial charge on any atom is 0.433 e. The van der Waals surface area contributed by atoms with Crippen molar-refractivity contribution in [2.45, 2.75) is 44.5 Å². The maximum absolute atomic E-state index is 13.5. The lowest BCUT2D eigenvalue weighted by Crippen LogP contribution is -2.19. The monoisotopic (exact) mass is 523 g/mol. The Hall–Kier alpha value is -4.05. The predicted octanol–water partition coefficient (Wildman–Crippen LogP) is 6.46. The number of hydrogen-bond donors (Lipinski definition) is 3. The van der Waals surface area contributed by atoms with Crippen LogP contribution in [-0.4, -0.2) is 26.2 Å². The summed E-state index contributed by atoms with van der Waals surface area (Å²) in [5.41, 5.74) is 3.32. The third kappa shape index (κ3) is 5.60. The molecule has 1 aliphatic rings. The number of nitrogens with one attached hydrogen (secondary N) is 2. The van der Waals surface area contributed by atoms with E-state index in [9.17, 15) is 22.7 Å². The van der Waals surface area contributed by atoms with E-state index >= 15 is 0 Å². The van der Waals surface area contributed by atoms with Crippen molar-refractivity contribution in [3.63, 3.8) is 0 Å². The fourth-order valence-corrected chi connectivity index (χ4v) is 4.57. The van der Waals surface area contributed by atoms with Gasteiger partial charge < -0.3 is 15.7 Å². The van der Waals surface area contributed by atoms with Crippen LogP contribution in [0.5, 0.6) is 0 Å². The van der Waals surface area contributed by atoms with Gasteiger partial charge >= 0.3 is 6.18 Å². The minimum atomic E-state index is -4.64. The van der Waals surface area contributed by atoms with Crippen molar-refractivity contribution in [1.82, 2.24) is 15.0 Å². The molecule has 5 rings (SSSR count). The van der Waals surface area contributed by atoms with E-state index in [-0.39, 0.29) is 5.82 Å². The van der Waals surface area contributed by atoms with Crippen LogP contribution in [0.2, 0.25) is 0 Å². The van der Waals surface area contributed by atoms with Gasteiger partial charge in [0.15, 0.2) is 0 Å². The van der Waals surface area contributed by atoms with Gasteiger partial charge in [-0.3, -0.25) is 0 Å². The second kappa shape index (κ2) is 10.4. The van der Waals surface area contributed by atoms with E-state index in [4.69, 9.17) is 0 Å². The molecule has 4 aromatic rings. The Morgan fingerprint density at radius 3 is 2.58 bits per heavy atom. The summed E-state index contributed by atoms with van der Waals surface area (Å²) in [5, 5.41) is 16.5. The zero-order valence-electron chi connectivity index (χ0n) is 20.4. The second-order valence-corrected chi connectivity index (χ2v) is 9.26. The van der Waals surface area contributed by atoms with Crippen molar-refractivity contribution in [2.24, 2.45) is 0 Å². The van der Waals surface area contributed by atoms with Crippen LogP contribution in [0.4, 0.5) is 34.9 Å². The van der Waals surface area contributed by atoms with Crippen LogP contribution in [0.1, 0.15) is 41.8 Å². The molecule has 2 aromatic heterocycles. The van der Waals surface area contributed by atoms with Gasteiger partial charge in [-0.25, -0.2) is 19.3 Å². The Balaban J connectivity index is 1.49. The van der Waals surface area contributed by atoms with Crippen molar-refractivity contribution in [2.75, 3.05) is 10.6 Å². The summed E-state index contributed by atoms with van der Waals surface area (Å²) < 4.78 is 53.8. The average Bonchev–Trinajstić information content (AvgIpc) is 2.89. The summed E-state index contributed by atoms with van der Waals surface area (Å²) in [6.07, 6.45) is -1.72. The molecule has 196 valence electrons. The van der Waals surface area contributed by atoms with Crippen LogP contribution in [0.15, 0.2) is 67.0 Å². The molecule has 0 spiro atoms. The number of hydrogen-bond acceptors (Lipinski definition) is 6. The second-order valence-electron chi connectivity index (χ2n) is 9.26. The number of alkyl halides is 3. The first-order chi connectivity index (χ1) is 18.2. The highest BCUT2D eigenvalue weighted by molar-refractivity contribution is 5.75. The topological polar surface area (TPSA) is 83.0 Å². The molecular weight excluding hydrogens is 498 g/mol. The highest BCUT2D eigenvalue weighted by atomic mass is 19.4. The first kappa shape index (κ1) is 25.6. The van der Waals surface area contributed by atoms with Gasteiger partial charge in [0.2, 0.25) is 0 Å². The number of nitrogens with zero attached hydrogens (tertiary/aromatic N) is 3. The Morgan fingerprint density at radius 1 is 1.03 bits per heavy atom. The summed E-state index contributed by atoms with van der Waals surface area (Å²) >= 11 is 0. The van der Waals surface area contributed by atoms with E-state index < -0.39 is 29.8 Å². The first-order valence-corrected chi connectivity index (χ1v) is 12.2. The molecule has 0 saturated heterocycles. The number of aromatic nitrogens is 3. The number of anilines is 3. The van der Waals surface area contributed by atoms with Crippen LogP contribution in [0.25, 0.3) is 11.3 Å². The standard InChI is InChI=1S/C28H25F4N5O/c1-16(17-5-8-19(29)9-6-17)35-27-21(11-12-25(37-27)28(30,31)32)24-14-26(34-15-33-24)36-23-4-2-3-18-7-10-20(38)13-22(18)23/h2-6,8-9,11-12,14-16,20,38H,7,10,13H2,1H3,(H,35,37)(H,33,34,36)/t16-,20-/m0/s1. The van der Waals surface area contributed by atoms with Gasteiger partial charge in [0.05, 0.1) is 11.8 Å². The lowest BCUT2D eigenvalue weighted by Gasteiger charge is -2.23. The number of aliphatic hydroxyl groups excluding tert-OH is 1. The van der Waals surface area contributed by atoms with E-state index in [0.717, 1.165) is 29.3 Å². The summed E-state index contributed by atoms with van der Waals surface area (Å²) in [6, 6.07) is 15.0. The molecule has 0 fully saturated rings. The minimum absolute atomic E-state index is 0.0125. The highest BCUT2D eigenvalue weighted by Crippen LogP contribution is 2.35. The van der Waals surface area contributed by atoms with Crippen molar-refractivity contribution < 1.29 is 22.7 Å². The summed E-state index contributed by atoms with van der Waals surface area (Å²) in [7, 11) is 0. The molecule has 6 nitrogen and oxygen atoms in total. The van der Waals surface area contributed by atoms with Crippen molar-refractivity contribution in [1.29, 1.82) is 0 Å². The third-order valence-corrected chi connectivity index (χ3v) is 6.57. The number of fused-ring (bicyclic) bond motifs is 1. The van der Waals surface area contributed by atoms with E-state index in [1.54, 1.807) is 25.1 Å². The fraction of sp³-hybridized carbons (Fsp3) is 0.250. The normalized spacial score (nSPS) is 16.0. The quantitative estimate of drug-likeness (QED) is 0.252. The number of benzene rings is 2. The van der Waals surface area contributed by atoms with Crippen molar-refractivity contribution >= 4 is 17.3 Å². The molecule has 0 unspecified atom stereocenters. The van der Waals surface area contributed by atoms with E-state index in [1.165, 1.54) is 24.5 Å². The van der Waals surface area contributed by atoms with Gasteiger partial charge in [0, 0.05) is 29.8 Å². The molecule has 2 aromatic carbocycles. The SMILES string of the molecule is C[C@H](Nc1nc(C(F)(F)F)ccc1-c1cc(Nc2cccc3c2C[C@@H](O)CC3)ncn1)c1ccc(F)cc1. The van der Waals surface area contributed by atoms with Gasteiger partial charge in [-0.1, -0.05) is 24.3 Å². The fourth-order valence-electron chi connectivity index (χ4n) is 4.57. The lowest BCUT2D eigenvalue weighted by molar-refractivity contribution is -0.141. The largest absolute Gasteiger partial charge is 0.433 e. The lowest BCUT2D eigenvalue weighted by atomic mass is 9.88. The van der Waals surface area contributed by atoms with Crippen LogP contribution in [0, 0.1) is 5.82 Å². The van der Waals surface area contributed by atoms with Crippen molar-refractivity contribution in [3.05, 3.63) is 95.2 Å². The van der Waals surface area contributed by atoms with Crippen LogP contribution in [-0.2, 0) is 19.0 Å². The first-order valence-electron chi connectivity index (χ1n) is 12.2. The Kier molecular flexibility index (Phi) is 6.98. The molecule has 0 bridgehead atoms. The van der Waals surface area contributed by atoms with Crippen LogP contribution in [0.3, 0.4) is 0 Å². The average molecular weight is 524 g/mol. The zero-order valence-corrected chi connectivity index (χ0v) is 20.4. The Morgan fingerprint density at radius 2 is 1.82 bits per heavy atom. The molecule has 0 radical (unpaired) electrons. The molecule has 38 heavy (non-hydrogen) atoms. The number of aryl methyl sites for hydroxylation is 1. The van der Waals surface area contributed by atoms with Gasteiger partial charge in [0.1, 0.15) is 29.5 Å². The van der Waals surface area contributed by atoms with Crippen LogP contribution < -0.4 is 10.6 Å². The molecule has 1 aliphatic carbocycles. The number of aliphatic hydroxyl groups is 1. The molecule has 3 N–H and O–H groups in total. The van der Waals surface area contributed by atoms with E-state index in [2.05, 4.69) is 25.6 Å². The maximum atomic E-state index is 13.5. The van der Waals surface area contributed by atoms with Gasteiger partial charge in [-0.15, -0.1) is 0 Å². The molecule has 0 aliphatic heterocycles. The zero-order chi connectivity index (χ0) is 26.9. The summed E-state index contributed by atoms with van der Waals surface area (Å²) in [5.74, 6) is 0.0245. The van der Waals surface area contributed by atoms with E-state index in [0.29, 0.717) is 35.5 Å². The van der Waals surface area contributed by atoms with Gasteiger partial charge in [-0.2, -0.15) is 13.2 Å². The van der Waals surface area contributed by atoms with Crippen molar-refractivity contribution in [3.8, 4) is 11.3 Å². The van der Waals surface area contributed by atoms with Gasteiger partial charge in [-0.05, 0) is 66.8 Å². The van der Waals surface area contributed by atoms with Crippen LogP contribution >= 0.6 is 0 Å². The third-order valence-electron chi connectivity index (χ3n) is 6.57. The molecule has 10 heteroatoms. The Labute approximate surface area is 216 Å².